The number of rotatable bonds is 6. The van der Waals surface area contributed by atoms with Crippen LogP contribution in [0.25, 0.3) is 0 Å². The summed E-state index contributed by atoms with van der Waals surface area (Å²) in [6.07, 6.45) is 3.71. The fourth-order valence-electron chi connectivity index (χ4n) is 1.26. The molecule has 0 fully saturated rings. The van der Waals surface area contributed by atoms with Gasteiger partial charge in [-0.2, -0.15) is 0 Å². The summed E-state index contributed by atoms with van der Waals surface area (Å²) in [7, 11) is 0. The van der Waals surface area contributed by atoms with Gasteiger partial charge in [0.05, 0.1) is 0 Å². The maximum absolute atomic E-state index is 5.87. The van der Waals surface area contributed by atoms with Crippen molar-refractivity contribution < 1.29 is 0 Å². The first-order valence-electron chi connectivity index (χ1n) is 5.68. The standard InChI is InChI=1S/C12H20ClN3/c1-4-5-10-6-11(16-9-15-10)14-8-12(2,3)7-13/h6,9H,4-5,7-8H2,1-3H3,(H,14,15,16). The lowest BCUT2D eigenvalue weighted by molar-refractivity contribution is 0.449. The maximum atomic E-state index is 5.87. The summed E-state index contributed by atoms with van der Waals surface area (Å²) in [4.78, 5) is 8.41. The van der Waals surface area contributed by atoms with Crippen LogP contribution in [0.1, 0.15) is 32.9 Å². The molecular formula is C12H20ClN3. The van der Waals surface area contributed by atoms with Gasteiger partial charge in [0.25, 0.3) is 0 Å². The quantitative estimate of drug-likeness (QED) is 0.778. The van der Waals surface area contributed by atoms with E-state index in [-0.39, 0.29) is 5.41 Å². The van der Waals surface area contributed by atoms with Gasteiger partial charge in [-0.1, -0.05) is 27.2 Å². The van der Waals surface area contributed by atoms with Gasteiger partial charge in [-0.25, -0.2) is 9.97 Å². The van der Waals surface area contributed by atoms with Crippen molar-refractivity contribution in [3.05, 3.63) is 18.1 Å². The Morgan fingerprint density at radius 1 is 1.38 bits per heavy atom. The topological polar surface area (TPSA) is 37.8 Å². The van der Waals surface area contributed by atoms with Crippen molar-refractivity contribution in [2.75, 3.05) is 17.7 Å². The van der Waals surface area contributed by atoms with Gasteiger partial charge in [0.15, 0.2) is 0 Å². The molecule has 1 N–H and O–H groups in total. The highest BCUT2D eigenvalue weighted by Gasteiger charge is 2.15. The molecule has 1 aromatic heterocycles. The smallest absolute Gasteiger partial charge is 0.129 e. The van der Waals surface area contributed by atoms with Gasteiger partial charge in [-0.15, -0.1) is 11.6 Å². The summed E-state index contributed by atoms with van der Waals surface area (Å²) in [5, 5.41) is 3.30. The van der Waals surface area contributed by atoms with Crippen molar-refractivity contribution in [3.63, 3.8) is 0 Å². The van der Waals surface area contributed by atoms with Crippen LogP contribution in [0.3, 0.4) is 0 Å². The minimum absolute atomic E-state index is 0.0808. The number of alkyl halides is 1. The molecule has 1 rings (SSSR count). The number of anilines is 1. The van der Waals surface area contributed by atoms with Gasteiger partial charge >= 0.3 is 0 Å². The molecule has 0 radical (unpaired) electrons. The first-order chi connectivity index (χ1) is 7.57. The van der Waals surface area contributed by atoms with E-state index in [0.717, 1.165) is 30.9 Å². The van der Waals surface area contributed by atoms with E-state index >= 15 is 0 Å². The highest BCUT2D eigenvalue weighted by molar-refractivity contribution is 6.18. The lowest BCUT2D eigenvalue weighted by Gasteiger charge is -2.21. The molecule has 0 unspecified atom stereocenters. The fraction of sp³-hybridized carbons (Fsp3) is 0.667. The first kappa shape index (κ1) is 13.2. The van der Waals surface area contributed by atoms with Gasteiger partial charge in [0.1, 0.15) is 12.1 Å². The van der Waals surface area contributed by atoms with Crippen LogP contribution < -0.4 is 5.32 Å². The van der Waals surface area contributed by atoms with Crippen molar-refractivity contribution in [1.82, 2.24) is 9.97 Å². The van der Waals surface area contributed by atoms with Gasteiger partial charge in [-0.05, 0) is 11.8 Å². The third-order valence-electron chi connectivity index (χ3n) is 2.34. The summed E-state index contributed by atoms with van der Waals surface area (Å²) < 4.78 is 0. The fourth-order valence-corrected chi connectivity index (χ4v) is 1.36. The summed E-state index contributed by atoms with van der Waals surface area (Å²) in [5.74, 6) is 1.52. The third-order valence-corrected chi connectivity index (χ3v) is 3.06. The van der Waals surface area contributed by atoms with Crippen molar-refractivity contribution >= 4 is 17.4 Å². The Morgan fingerprint density at radius 3 is 2.75 bits per heavy atom. The van der Waals surface area contributed by atoms with E-state index < -0.39 is 0 Å². The molecule has 0 spiro atoms. The summed E-state index contributed by atoms with van der Waals surface area (Å²) in [5.41, 5.74) is 1.17. The Morgan fingerprint density at radius 2 is 2.12 bits per heavy atom. The Hall–Kier alpha value is -0.830. The zero-order valence-electron chi connectivity index (χ0n) is 10.3. The highest BCUT2D eigenvalue weighted by Crippen LogP contribution is 2.17. The van der Waals surface area contributed by atoms with Crippen LogP contribution in [0.4, 0.5) is 5.82 Å². The molecule has 0 saturated heterocycles. The second kappa shape index (κ2) is 6.04. The van der Waals surface area contributed by atoms with Gasteiger partial charge < -0.3 is 5.32 Å². The average molecular weight is 242 g/mol. The van der Waals surface area contributed by atoms with E-state index in [9.17, 15) is 0 Å². The van der Waals surface area contributed by atoms with Crippen LogP contribution in [0.15, 0.2) is 12.4 Å². The van der Waals surface area contributed by atoms with Crippen molar-refractivity contribution in [3.8, 4) is 0 Å². The molecule has 0 bridgehead atoms. The van der Waals surface area contributed by atoms with Gasteiger partial charge in [0.2, 0.25) is 0 Å². The van der Waals surface area contributed by atoms with Crippen molar-refractivity contribution in [2.24, 2.45) is 5.41 Å². The number of aromatic nitrogens is 2. The number of nitrogens with zero attached hydrogens (tertiary/aromatic N) is 2. The SMILES string of the molecule is CCCc1cc(NCC(C)(C)CCl)ncn1. The zero-order chi connectivity index (χ0) is 12.0. The average Bonchev–Trinajstić information content (AvgIpc) is 2.28. The highest BCUT2D eigenvalue weighted by atomic mass is 35.5. The molecule has 16 heavy (non-hydrogen) atoms. The molecule has 1 heterocycles. The predicted octanol–water partition coefficient (Wildman–Crippen LogP) is 3.11. The number of halogens is 1. The van der Waals surface area contributed by atoms with E-state index in [0.29, 0.717) is 5.88 Å². The molecular weight excluding hydrogens is 222 g/mol. The van der Waals surface area contributed by atoms with Gasteiger partial charge in [-0.3, -0.25) is 0 Å². The summed E-state index contributed by atoms with van der Waals surface area (Å²) >= 11 is 5.87. The van der Waals surface area contributed by atoms with E-state index in [1.54, 1.807) is 6.33 Å². The summed E-state index contributed by atoms with van der Waals surface area (Å²) in [6, 6.07) is 2.01. The largest absolute Gasteiger partial charge is 0.369 e. The van der Waals surface area contributed by atoms with Crippen LogP contribution in [0.2, 0.25) is 0 Å². The second-order valence-electron chi connectivity index (χ2n) is 4.80. The number of aryl methyl sites for hydroxylation is 1. The zero-order valence-corrected chi connectivity index (χ0v) is 11.0. The van der Waals surface area contributed by atoms with Crippen LogP contribution >= 0.6 is 11.6 Å². The van der Waals surface area contributed by atoms with Crippen LogP contribution in [-0.4, -0.2) is 22.4 Å². The third kappa shape index (κ3) is 4.35. The second-order valence-corrected chi connectivity index (χ2v) is 5.06. The minimum Gasteiger partial charge on any atom is -0.369 e. The van der Waals surface area contributed by atoms with Crippen molar-refractivity contribution in [2.45, 2.75) is 33.6 Å². The molecule has 4 heteroatoms. The number of hydrogen-bond acceptors (Lipinski definition) is 3. The van der Waals surface area contributed by atoms with E-state index in [1.165, 1.54) is 0 Å². The molecule has 1 aromatic rings. The molecule has 0 aliphatic carbocycles. The normalized spacial score (nSPS) is 11.5. The molecule has 0 atom stereocenters. The Kier molecular flexibility index (Phi) is 5.00. The van der Waals surface area contributed by atoms with Crippen LogP contribution in [-0.2, 0) is 6.42 Å². The molecule has 0 aromatic carbocycles. The predicted molar refractivity (Wildman–Crippen MR) is 69.0 cm³/mol. The minimum atomic E-state index is 0.0808. The van der Waals surface area contributed by atoms with Crippen LogP contribution in [0.5, 0.6) is 0 Å². The lowest BCUT2D eigenvalue weighted by atomic mass is 9.97. The molecule has 0 aliphatic rings. The Bertz CT molecular complexity index is 326. The lowest BCUT2D eigenvalue weighted by Crippen LogP contribution is -2.25. The Labute approximate surface area is 103 Å². The van der Waals surface area contributed by atoms with Gasteiger partial charge in [0, 0.05) is 24.2 Å². The number of hydrogen-bond donors (Lipinski definition) is 1. The molecule has 0 amide bonds. The maximum Gasteiger partial charge on any atom is 0.129 e. The Balaban J connectivity index is 2.57. The molecule has 0 aliphatic heterocycles. The van der Waals surface area contributed by atoms with Crippen LogP contribution in [0, 0.1) is 5.41 Å². The van der Waals surface area contributed by atoms with Crippen molar-refractivity contribution in [1.29, 1.82) is 0 Å². The first-order valence-corrected chi connectivity index (χ1v) is 6.21. The number of nitrogens with one attached hydrogen (secondary N) is 1. The molecule has 3 nitrogen and oxygen atoms in total. The molecule has 0 saturated carbocycles. The van der Waals surface area contributed by atoms with E-state index in [2.05, 4.69) is 36.1 Å². The van der Waals surface area contributed by atoms with E-state index in [4.69, 9.17) is 11.6 Å². The van der Waals surface area contributed by atoms with E-state index in [1.807, 2.05) is 6.07 Å². The monoisotopic (exact) mass is 241 g/mol. The molecule has 90 valence electrons. The summed E-state index contributed by atoms with van der Waals surface area (Å²) in [6.45, 7) is 7.22.